The van der Waals surface area contributed by atoms with Crippen molar-refractivity contribution < 1.29 is 29.0 Å². The van der Waals surface area contributed by atoms with Crippen LogP contribution in [-0.4, -0.2) is 77.8 Å². The normalized spacial score (nSPS) is 27.5. The number of pyridine rings is 1. The quantitative estimate of drug-likeness (QED) is 0.481. The van der Waals surface area contributed by atoms with Gasteiger partial charge in [0.2, 0.25) is 5.91 Å². The Morgan fingerprint density at radius 3 is 2.88 bits per heavy atom. The molecule has 9 heteroatoms. The van der Waals surface area contributed by atoms with Crippen LogP contribution in [0.4, 0.5) is 0 Å². The number of carbonyl (C=O) groups excluding carboxylic acids is 2. The maximum absolute atomic E-state index is 12.6. The molecular weight excluding hydrogens is 414 g/mol. The van der Waals surface area contributed by atoms with Crippen molar-refractivity contribution >= 4 is 18.3 Å². The summed E-state index contributed by atoms with van der Waals surface area (Å²) in [5, 5.41) is 9.97. The number of nitrogens with one attached hydrogen (secondary N) is 1. The molecule has 176 valence electrons. The first kappa shape index (κ1) is 24.1. The third-order valence-corrected chi connectivity index (χ3v) is 6.90. The number of ether oxygens (including phenoxy) is 2. The molecule has 3 saturated heterocycles. The van der Waals surface area contributed by atoms with Crippen LogP contribution in [0.3, 0.4) is 0 Å². The number of amides is 2. The van der Waals surface area contributed by atoms with E-state index in [-0.39, 0.29) is 41.8 Å². The molecule has 3 aliphatic rings. The predicted octanol–water partition coefficient (Wildman–Crippen LogP) is 1.56. The van der Waals surface area contributed by atoms with Gasteiger partial charge in [-0.25, -0.2) is 0 Å². The van der Waals surface area contributed by atoms with Gasteiger partial charge in [-0.3, -0.25) is 19.4 Å². The van der Waals surface area contributed by atoms with Gasteiger partial charge in [-0.05, 0) is 45.2 Å². The summed E-state index contributed by atoms with van der Waals surface area (Å²) in [6.45, 7) is 8.64. The zero-order chi connectivity index (χ0) is 23.3. The second-order valence-corrected chi connectivity index (χ2v) is 8.69. The number of likely N-dealkylation sites (tertiary alicyclic amines) is 1. The molecule has 2 bridgehead atoms. The van der Waals surface area contributed by atoms with Gasteiger partial charge < -0.3 is 24.8 Å². The minimum Gasteiger partial charge on any atom is -0.483 e. The lowest BCUT2D eigenvalue weighted by Crippen LogP contribution is -2.41. The fourth-order valence-electron chi connectivity index (χ4n) is 5.20. The number of nitrogens with zero attached hydrogens (tertiary/aromatic N) is 2. The number of hydrogen-bond acceptors (Lipinski definition) is 6. The summed E-state index contributed by atoms with van der Waals surface area (Å²) in [5.74, 6) is 0.575. The van der Waals surface area contributed by atoms with E-state index in [2.05, 4.69) is 10.3 Å². The van der Waals surface area contributed by atoms with Crippen LogP contribution in [0.15, 0.2) is 12.3 Å². The van der Waals surface area contributed by atoms with Gasteiger partial charge in [0.15, 0.2) is 0 Å². The number of fused-ring (bicyclic) bond motifs is 1. The molecule has 32 heavy (non-hydrogen) atoms. The van der Waals surface area contributed by atoms with Crippen LogP contribution in [-0.2, 0) is 19.1 Å². The second kappa shape index (κ2) is 10.4. The van der Waals surface area contributed by atoms with E-state index in [1.165, 1.54) is 0 Å². The Morgan fingerprint density at radius 2 is 2.19 bits per heavy atom. The van der Waals surface area contributed by atoms with Crippen molar-refractivity contribution in [3.8, 4) is 0 Å². The van der Waals surface area contributed by atoms with E-state index in [4.69, 9.17) is 19.4 Å². The van der Waals surface area contributed by atoms with E-state index in [0.717, 1.165) is 24.1 Å². The first-order chi connectivity index (χ1) is 15.3. The number of carbonyl (C=O) groups is 3. The SMILES string of the molecule is CCOCCC(=O)N1C[C@@H]2[C@H](CNC(=O)c3cnc(C)c(C)c3)[C@H]3CC[C@]2(C1)O3.O=CO. The maximum Gasteiger partial charge on any atom is 0.290 e. The Balaban J connectivity index is 0.000000913. The molecule has 1 aromatic rings. The molecule has 0 unspecified atom stereocenters. The number of aromatic nitrogens is 1. The average Bonchev–Trinajstić information content (AvgIpc) is 3.43. The van der Waals surface area contributed by atoms with Crippen molar-refractivity contribution in [3.63, 3.8) is 0 Å². The summed E-state index contributed by atoms with van der Waals surface area (Å²) >= 11 is 0. The van der Waals surface area contributed by atoms with E-state index in [9.17, 15) is 9.59 Å². The number of rotatable bonds is 7. The van der Waals surface area contributed by atoms with Crippen molar-refractivity contribution in [1.29, 1.82) is 0 Å². The summed E-state index contributed by atoms with van der Waals surface area (Å²) in [6.07, 6.45) is 4.23. The van der Waals surface area contributed by atoms with Crippen LogP contribution in [0.2, 0.25) is 0 Å². The molecule has 4 rings (SSSR count). The average molecular weight is 448 g/mol. The zero-order valence-electron chi connectivity index (χ0n) is 19.0. The van der Waals surface area contributed by atoms with Crippen molar-refractivity contribution in [2.24, 2.45) is 11.8 Å². The van der Waals surface area contributed by atoms with Gasteiger partial charge in [-0.2, -0.15) is 0 Å². The molecule has 3 fully saturated rings. The summed E-state index contributed by atoms with van der Waals surface area (Å²) < 4.78 is 11.7. The molecule has 1 aromatic heterocycles. The van der Waals surface area contributed by atoms with Gasteiger partial charge in [0.1, 0.15) is 0 Å². The molecule has 2 N–H and O–H groups in total. The molecule has 0 saturated carbocycles. The Morgan fingerprint density at radius 1 is 1.44 bits per heavy atom. The molecule has 0 aromatic carbocycles. The summed E-state index contributed by atoms with van der Waals surface area (Å²) in [6, 6.07) is 1.88. The molecule has 1 spiro atoms. The Hall–Kier alpha value is -2.52. The van der Waals surface area contributed by atoms with Crippen molar-refractivity contribution in [3.05, 3.63) is 29.1 Å². The maximum atomic E-state index is 12.6. The second-order valence-electron chi connectivity index (χ2n) is 8.69. The number of hydrogen-bond donors (Lipinski definition) is 2. The van der Waals surface area contributed by atoms with Crippen molar-refractivity contribution in [2.45, 2.75) is 51.7 Å². The lowest BCUT2D eigenvalue weighted by molar-refractivity contribution is -0.132. The fraction of sp³-hybridized carbons (Fsp3) is 0.652. The molecule has 0 radical (unpaired) electrons. The van der Waals surface area contributed by atoms with Gasteiger partial charge in [-0.15, -0.1) is 0 Å². The molecule has 3 aliphatic heterocycles. The van der Waals surface area contributed by atoms with Gasteiger partial charge in [0, 0.05) is 43.4 Å². The highest BCUT2D eigenvalue weighted by Crippen LogP contribution is 2.54. The predicted molar refractivity (Wildman–Crippen MR) is 116 cm³/mol. The van der Waals surface area contributed by atoms with E-state index in [0.29, 0.717) is 44.8 Å². The minimum absolute atomic E-state index is 0.0972. The Bertz CT molecular complexity index is 847. The first-order valence-electron chi connectivity index (χ1n) is 11.2. The Labute approximate surface area is 188 Å². The Kier molecular flexibility index (Phi) is 7.84. The van der Waals surface area contributed by atoms with Crippen LogP contribution < -0.4 is 5.32 Å². The van der Waals surface area contributed by atoms with E-state index in [1.54, 1.807) is 6.20 Å². The van der Waals surface area contributed by atoms with Crippen molar-refractivity contribution in [1.82, 2.24) is 15.2 Å². The molecule has 0 aliphatic carbocycles. The van der Waals surface area contributed by atoms with Crippen LogP contribution in [0, 0.1) is 25.7 Å². The molecular formula is C23H33N3O6. The fourth-order valence-corrected chi connectivity index (χ4v) is 5.20. The summed E-state index contributed by atoms with van der Waals surface area (Å²) in [7, 11) is 0. The van der Waals surface area contributed by atoms with Gasteiger partial charge in [0.25, 0.3) is 12.4 Å². The molecule has 4 atom stereocenters. The topological polar surface area (TPSA) is 118 Å². The molecule has 4 heterocycles. The zero-order valence-corrected chi connectivity index (χ0v) is 19.0. The first-order valence-corrected chi connectivity index (χ1v) is 11.2. The van der Waals surface area contributed by atoms with Crippen LogP contribution in [0.1, 0.15) is 47.8 Å². The standard InChI is InChI=1S/C22H31N3O4.CH2O2/c1-4-28-8-6-20(26)25-12-18-17(19-5-7-22(18,13-25)29-19)11-24-21(27)16-9-14(2)15(3)23-10-16;2-1-3/h9-10,17-19H,4-8,11-13H2,1-3H3,(H,24,27);1H,(H,2,3)/t17-,18+,19+,22+;/m0./s1. The summed E-state index contributed by atoms with van der Waals surface area (Å²) in [5.41, 5.74) is 2.32. The van der Waals surface area contributed by atoms with E-state index >= 15 is 0 Å². The highest BCUT2D eigenvalue weighted by molar-refractivity contribution is 5.94. The van der Waals surface area contributed by atoms with Crippen LogP contribution in [0.5, 0.6) is 0 Å². The third kappa shape index (κ3) is 4.94. The van der Waals surface area contributed by atoms with Gasteiger partial charge >= 0.3 is 0 Å². The number of carboxylic acid groups (broad SMARTS) is 1. The minimum atomic E-state index is -0.250. The monoisotopic (exact) mass is 447 g/mol. The number of aryl methyl sites for hydroxylation is 2. The van der Waals surface area contributed by atoms with E-state index < -0.39 is 0 Å². The summed E-state index contributed by atoms with van der Waals surface area (Å²) in [4.78, 5) is 39.8. The van der Waals surface area contributed by atoms with Crippen molar-refractivity contribution in [2.75, 3.05) is 32.8 Å². The lowest BCUT2D eigenvalue weighted by atomic mass is 9.73. The highest BCUT2D eigenvalue weighted by atomic mass is 16.5. The van der Waals surface area contributed by atoms with Crippen LogP contribution in [0.25, 0.3) is 0 Å². The smallest absolute Gasteiger partial charge is 0.290 e. The van der Waals surface area contributed by atoms with Gasteiger partial charge in [-0.1, -0.05) is 0 Å². The third-order valence-electron chi connectivity index (χ3n) is 6.90. The van der Waals surface area contributed by atoms with Gasteiger partial charge in [0.05, 0.1) is 36.8 Å². The van der Waals surface area contributed by atoms with Crippen LogP contribution >= 0.6 is 0 Å². The lowest BCUT2D eigenvalue weighted by Gasteiger charge is -2.29. The molecule has 9 nitrogen and oxygen atoms in total. The highest BCUT2D eigenvalue weighted by Gasteiger charge is 2.63. The molecule has 2 amide bonds. The van der Waals surface area contributed by atoms with E-state index in [1.807, 2.05) is 31.7 Å². The largest absolute Gasteiger partial charge is 0.483 e.